The molecule has 0 saturated heterocycles. The van der Waals surface area contributed by atoms with Crippen molar-refractivity contribution in [2.75, 3.05) is 7.11 Å². The summed E-state index contributed by atoms with van der Waals surface area (Å²) in [6.45, 7) is 3.19. The lowest BCUT2D eigenvalue weighted by Crippen LogP contribution is -2.16. The number of hydrogen-bond acceptors (Lipinski definition) is 5. The Morgan fingerprint density at radius 2 is 1.72 bits per heavy atom. The van der Waals surface area contributed by atoms with E-state index in [1.165, 1.54) is 26.2 Å². The topological polar surface area (TPSA) is 101 Å². The van der Waals surface area contributed by atoms with Gasteiger partial charge in [0.2, 0.25) is 0 Å². The van der Waals surface area contributed by atoms with E-state index in [4.69, 9.17) is 9.66 Å². The molecule has 0 aliphatic rings. The summed E-state index contributed by atoms with van der Waals surface area (Å²) < 4.78 is 33.7. The van der Waals surface area contributed by atoms with Crippen LogP contribution < -0.4 is 0 Å². The quantitative estimate of drug-likeness (QED) is 0.611. The molecular weight excluding hydrogens is 260 g/mol. The molecule has 6 nitrogen and oxygen atoms in total. The Bertz CT molecular complexity index is 475. The Morgan fingerprint density at radius 3 is 1.94 bits per heavy atom. The number of aryl methyl sites for hydroxylation is 1. The third-order valence-corrected chi connectivity index (χ3v) is 2.73. The van der Waals surface area contributed by atoms with E-state index >= 15 is 0 Å². The van der Waals surface area contributed by atoms with Crippen LogP contribution in [0.2, 0.25) is 0 Å². The highest BCUT2D eigenvalue weighted by Crippen LogP contribution is 2.08. The van der Waals surface area contributed by atoms with Gasteiger partial charge in [0.1, 0.15) is 6.10 Å². The average Bonchev–Trinajstić information content (AvgIpc) is 2.28. The number of aliphatic hydroxyl groups excluding tert-OH is 1. The summed E-state index contributed by atoms with van der Waals surface area (Å²) in [7, 11) is -2.79. The van der Waals surface area contributed by atoms with Crippen LogP contribution in [0.5, 0.6) is 0 Å². The minimum absolute atomic E-state index is 0.0666. The molecule has 0 radical (unpaired) electrons. The number of benzene rings is 1. The first-order chi connectivity index (χ1) is 8.18. The predicted molar refractivity (Wildman–Crippen MR) is 64.7 cm³/mol. The van der Waals surface area contributed by atoms with Gasteiger partial charge in [0.15, 0.2) is 0 Å². The van der Waals surface area contributed by atoms with Gasteiger partial charge in [-0.2, -0.15) is 8.42 Å². The standard InChI is InChI=1S/C7H8O3S.C4H8O3/c1-6-2-4-7(5-3-6)11(8,9)10;1-3(5)4(6)7-2/h2-5H,1H3,(H,8,9,10);3,5H,1-2H3. The van der Waals surface area contributed by atoms with Crippen LogP contribution in [0.15, 0.2) is 29.2 Å². The van der Waals surface area contributed by atoms with E-state index in [0.29, 0.717) is 0 Å². The number of carbonyl (C=O) groups is 1. The summed E-state index contributed by atoms with van der Waals surface area (Å²) in [6.07, 6.45) is -0.995. The molecule has 7 heteroatoms. The summed E-state index contributed by atoms with van der Waals surface area (Å²) in [6, 6.07) is 5.99. The third-order valence-electron chi connectivity index (χ3n) is 1.86. The zero-order valence-corrected chi connectivity index (χ0v) is 11.1. The van der Waals surface area contributed by atoms with Crippen molar-refractivity contribution in [3.63, 3.8) is 0 Å². The second-order valence-electron chi connectivity index (χ2n) is 3.49. The summed E-state index contributed by atoms with van der Waals surface area (Å²) >= 11 is 0. The van der Waals surface area contributed by atoms with Crippen molar-refractivity contribution in [2.24, 2.45) is 0 Å². The minimum atomic E-state index is -4.02. The molecule has 0 amide bonds. The number of ether oxygens (including phenoxy) is 1. The molecule has 0 saturated carbocycles. The molecule has 102 valence electrons. The van der Waals surface area contributed by atoms with Crippen molar-refractivity contribution < 1.29 is 27.6 Å². The van der Waals surface area contributed by atoms with Gasteiger partial charge < -0.3 is 9.84 Å². The Labute approximate surface area is 106 Å². The van der Waals surface area contributed by atoms with Crippen LogP contribution in [0.3, 0.4) is 0 Å². The van der Waals surface area contributed by atoms with Crippen LogP contribution >= 0.6 is 0 Å². The van der Waals surface area contributed by atoms with Crippen molar-refractivity contribution in [3.8, 4) is 0 Å². The van der Waals surface area contributed by atoms with E-state index in [2.05, 4.69) is 4.74 Å². The van der Waals surface area contributed by atoms with Gasteiger partial charge in [-0.3, -0.25) is 4.55 Å². The van der Waals surface area contributed by atoms with Gasteiger partial charge in [-0.05, 0) is 26.0 Å². The number of aliphatic hydroxyl groups is 1. The lowest BCUT2D eigenvalue weighted by Gasteiger charge is -1.97. The van der Waals surface area contributed by atoms with E-state index in [1.807, 2.05) is 6.92 Å². The third kappa shape index (κ3) is 6.33. The maximum atomic E-state index is 10.5. The highest BCUT2D eigenvalue weighted by Gasteiger charge is 2.07. The molecule has 0 spiro atoms. The van der Waals surface area contributed by atoms with E-state index in [0.717, 1.165) is 5.56 Å². The smallest absolute Gasteiger partial charge is 0.334 e. The predicted octanol–water partition coefficient (Wildman–Crippen LogP) is 0.782. The van der Waals surface area contributed by atoms with Gasteiger partial charge in [-0.1, -0.05) is 17.7 Å². The number of rotatable bonds is 2. The summed E-state index contributed by atoms with van der Waals surface area (Å²) in [5.74, 6) is -0.597. The summed E-state index contributed by atoms with van der Waals surface area (Å²) in [4.78, 5) is 9.97. The first kappa shape index (κ1) is 16.6. The van der Waals surface area contributed by atoms with Gasteiger partial charge in [-0.25, -0.2) is 4.79 Å². The van der Waals surface area contributed by atoms with Crippen LogP contribution in [-0.2, 0) is 19.6 Å². The fraction of sp³-hybridized carbons (Fsp3) is 0.364. The van der Waals surface area contributed by atoms with Crippen LogP contribution in [0.4, 0.5) is 0 Å². The number of methoxy groups -OCH3 is 1. The maximum Gasteiger partial charge on any atom is 0.334 e. The molecule has 1 aromatic rings. The SMILES string of the molecule is COC(=O)C(C)O.Cc1ccc(S(=O)(=O)O)cc1. The molecule has 1 unspecified atom stereocenters. The summed E-state index contributed by atoms with van der Waals surface area (Å²) in [5, 5.41) is 8.35. The van der Waals surface area contributed by atoms with Gasteiger partial charge in [0, 0.05) is 0 Å². The molecule has 0 bridgehead atoms. The first-order valence-electron chi connectivity index (χ1n) is 4.98. The Hall–Kier alpha value is -1.44. The molecular formula is C11H16O6S. The van der Waals surface area contributed by atoms with Crippen molar-refractivity contribution in [1.29, 1.82) is 0 Å². The molecule has 1 aromatic carbocycles. The lowest BCUT2D eigenvalue weighted by molar-refractivity contribution is -0.149. The fourth-order valence-corrected chi connectivity index (χ4v) is 1.36. The molecule has 2 N–H and O–H groups in total. The fourth-order valence-electron chi connectivity index (χ4n) is 0.881. The Morgan fingerprint density at radius 1 is 1.28 bits per heavy atom. The molecule has 0 fully saturated rings. The molecule has 18 heavy (non-hydrogen) atoms. The van der Waals surface area contributed by atoms with Crippen LogP contribution in [0, 0.1) is 6.92 Å². The number of esters is 1. The molecule has 1 atom stereocenters. The van der Waals surface area contributed by atoms with Crippen molar-refractivity contribution >= 4 is 16.1 Å². The van der Waals surface area contributed by atoms with Gasteiger partial charge in [0.25, 0.3) is 10.1 Å². The Balaban J connectivity index is 0.000000360. The lowest BCUT2D eigenvalue weighted by atomic mass is 10.2. The van der Waals surface area contributed by atoms with Gasteiger partial charge in [-0.15, -0.1) is 0 Å². The van der Waals surface area contributed by atoms with Crippen molar-refractivity contribution in [2.45, 2.75) is 24.8 Å². The molecule has 1 rings (SSSR count). The largest absolute Gasteiger partial charge is 0.467 e. The van der Waals surface area contributed by atoms with Crippen molar-refractivity contribution in [3.05, 3.63) is 29.8 Å². The second-order valence-corrected chi connectivity index (χ2v) is 4.91. The zero-order chi connectivity index (χ0) is 14.3. The average molecular weight is 276 g/mol. The van der Waals surface area contributed by atoms with Gasteiger partial charge >= 0.3 is 5.97 Å². The molecule has 0 aliphatic heterocycles. The van der Waals surface area contributed by atoms with Crippen LogP contribution in [0.25, 0.3) is 0 Å². The second kappa shape index (κ2) is 7.10. The van der Waals surface area contributed by atoms with E-state index in [-0.39, 0.29) is 4.90 Å². The van der Waals surface area contributed by atoms with E-state index in [9.17, 15) is 13.2 Å². The molecule has 0 heterocycles. The minimum Gasteiger partial charge on any atom is -0.467 e. The maximum absolute atomic E-state index is 10.5. The summed E-state index contributed by atoms with van der Waals surface area (Å²) in [5.41, 5.74) is 0.956. The highest BCUT2D eigenvalue weighted by atomic mass is 32.2. The number of hydrogen-bond donors (Lipinski definition) is 2. The van der Waals surface area contributed by atoms with E-state index < -0.39 is 22.2 Å². The molecule has 0 aromatic heterocycles. The van der Waals surface area contributed by atoms with Crippen LogP contribution in [0.1, 0.15) is 12.5 Å². The first-order valence-corrected chi connectivity index (χ1v) is 6.42. The molecule has 0 aliphatic carbocycles. The monoisotopic (exact) mass is 276 g/mol. The number of carbonyl (C=O) groups excluding carboxylic acids is 1. The van der Waals surface area contributed by atoms with Crippen LogP contribution in [-0.4, -0.2) is 37.3 Å². The Kier molecular flexibility index (Phi) is 6.53. The zero-order valence-electron chi connectivity index (χ0n) is 10.3. The highest BCUT2D eigenvalue weighted by molar-refractivity contribution is 7.85. The normalized spacial score (nSPS) is 12.1. The van der Waals surface area contributed by atoms with Crippen molar-refractivity contribution in [1.82, 2.24) is 0 Å². The van der Waals surface area contributed by atoms with E-state index in [1.54, 1.807) is 12.1 Å². The van der Waals surface area contributed by atoms with Gasteiger partial charge in [0.05, 0.1) is 12.0 Å².